The number of aromatic nitrogens is 2. The zero-order valence-corrected chi connectivity index (χ0v) is 20.6. The lowest BCUT2D eigenvalue weighted by atomic mass is 10.1. The van der Waals surface area contributed by atoms with Gasteiger partial charge in [-0.1, -0.05) is 81.8 Å². The van der Waals surface area contributed by atoms with E-state index in [-0.39, 0.29) is 15.4 Å². The molecule has 0 unspecified atom stereocenters. The molecule has 0 radical (unpaired) electrons. The lowest BCUT2D eigenvalue weighted by Crippen LogP contribution is -2.04. The van der Waals surface area contributed by atoms with E-state index in [1.54, 1.807) is 0 Å². The normalized spacial score (nSPS) is 12.2. The van der Waals surface area contributed by atoms with Gasteiger partial charge in [0, 0.05) is 13.1 Å². The number of nitrogens with one attached hydrogen (secondary N) is 1. The van der Waals surface area contributed by atoms with E-state index in [4.69, 9.17) is 0 Å². The van der Waals surface area contributed by atoms with Crippen molar-refractivity contribution in [2.24, 2.45) is 4.40 Å². The third-order valence-corrected chi connectivity index (χ3v) is 7.18. The standard InChI is InChI=1S/C22H38N4O3S2/c1-3-4-5-6-7-8-9-10-11-12-13-14-15-16-17-18-19-23-31(28,29)22-26-25-21(30-22)24-20(2)27/h10-11,19H,3-9,12-18H2,1-2H3,(H,24,25,27)/b11-10-,23-19+. The Morgan fingerprint density at radius 2 is 1.45 bits per heavy atom. The summed E-state index contributed by atoms with van der Waals surface area (Å²) in [4.78, 5) is 11.0. The number of amides is 1. The van der Waals surface area contributed by atoms with E-state index < -0.39 is 10.0 Å². The molecule has 0 aromatic carbocycles. The van der Waals surface area contributed by atoms with E-state index in [1.165, 1.54) is 70.9 Å². The number of carbonyl (C=O) groups excluding carboxylic acids is 1. The number of sulfonamides is 1. The number of nitrogens with zero attached hydrogens (tertiary/aromatic N) is 3. The van der Waals surface area contributed by atoms with Crippen LogP contribution in [-0.4, -0.2) is 30.7 Å². The van der Waals surface area contributed by atoms with Crippen molar-refractivity contribution in [2.75, 3.05) is 5.32 Å². The molecule has 31 heavy (non-hydrogen) atoms. The van der Waals surface area contributed by atoms with E-state index in [1.807, 2.05) is 0 Å². The molecule has 1 heterocycles. The zero-order chi connectivity index (χ0) is 22.8. The van der Waals surface area contributed by atoms with E-state index >= 15 is 0 Å². The summed E-state index contributed by atoms with van der Waals surface area (Å²) < 4.78 is 27.6. The highest BCUT2D eigenvalue weighted by molar-refractivity contribution is 7.92. The first kappa shape index (κ1) is 27.4. The van der Waals surface area contributed by atoms with Gasteiger partial charge < -0.3 is 5.32 Å². The summed E-state index contributed by atoms with van der Waals surface area (Å²) in [6.07, 6.45) is 22.7. The van der Waals surface area contributed by atoms with Crippen molar-refractivity contribution in [3.8, 4) is 0 Å². The molecule has 0 spiro atoms. The monoisotopic (exact) mass is 470 g/mol. The van der Waals surface area contributed by atoms with Crippen LogP contribution in [0.5, 0.6) is 0 Å². The van der Waals surface area contributed by atoms with E-state index in [0.29, 0.717) is 6.42 Å². The van der Waals surface area contributed by atoms with Gasteiger partial charge in [0.2, 0.25) is 11.0 Å². The highest BCUT2D eigenvalue weighted by atomic mass is 32.2. The Hall–Kier alpha value is -1.61. The predicted molar refractivity (Wildman–Crippen MR) is 129 cm³/mol. The Balaban J connectivity index is 2.03. The highest BCUT2D eigenvalue weighted by Crippen LogP contribution is 2.21. The Bertz CT molecular complexity index is 773. The SMILES string of the molecule is CCCCCCCC/C=C\CCCCCCC/C=N/S(=O)(=O)c1nnc(NC(C)=O)s1. The van der Waals surface area contributed by atoms with Crippen molar-refractivity contribution in [2.45, 2.75) is 108 Å². The molecule has 176 valence electrons. The summed E-state index contributed by atoms with van der Waals surface area (Å²) >= 11 is 0.796. The molecule has 9 heteroatoms. The number of hydrogen-bond donors (Lipinski definition) is 1. The summed E-state index contributed by atoms with van der Waals surface area (Å²) in [6.45, 7) is 3.57. The summed E-state index contributed by atoms with van der Waals surface area (Å²) in [5, 5.41) is 9.77. The van der Waals surface area contributed by atoms with Crippen LogP contribution in [0.4, 0.5) is 5.13 Å². The first-order valence-electron chi connectivity index (χ1n) is 11.5. The molecule has 1 aromatic heterocycles. The molecular weight excluding hydrogens is 432 g/mol. The van der Waals surface area contributed by atoms with Gasteiger partial charge in [0.1, 0.15) is 0 Å². The molecule has 1 N–H and O–H groups in total. The van der Waals surface area contributed by atoms with Gasteiger partial charge in [0.15, 0.2) is 0 Å². The second kappa shape index (κ2) is 17.0. The minimum Gasteiger partial charge on any atom is -0.301 e. The van der Waals surface area contributed by atoms with E-state index in [2.05, 4.69) is 39.0 Å². The topological polar surface area (TPSA) is 101 Å². The lowest BCUT2D eigenvalue weighted by molar-refractivity contribution is -0.114. The fourth-order valence-corrected chi connectivity index (χ4v) is 4.86. The molecule has 1 rings (SSSR count). The van der Waals surface area contributed by atoms with Crippen LogP contribution in [-0.2, 0) is 14.8 Å². The van der Waals surface area contributed by atoms with Gasteiger partial charge in [-0.3, -0.25) is 4.79 Å². The maximum atomic E-state index is 12.1. The second-order valence-corrected chi connectivity index (χ2v) is 10.5. The van der Waals surface area contributed by atoms with Crippen molar-refractivity contribution in [1.29, 1.82) is 0 Å². The third-order valence-electron chi connectivity index (χ3n) is 4.72. The van der Waals surface area contributed by atoms with Crippen LogP contribution in [0.3, 0.4) is 0 Å². The Morgan fingerprint density at radius 3 is 2.03 bits per heavy atom. The van der Waals surface area contributed by atoms with Gasteiger partial charge >= 0.3 is 10.0 Å². The average molecular weight is 471 g/mol. The number of anilines is 1. The van der Waals surface area contributed by atoms with Crippen molar-refractivity contribution in [3.05, 3.63) is 12.2 Å². The first-order chi connectivity index (χ1) is 15.0. The summed E-state index contributed by atoms with van der Waals surface area (Å²) in [6, 6.07) is 0. The van der Waals surface area contributed by atoms with Gasteiger partial charge in [-0.05, 0) is 38.5 Å². The quantitative estimate of drug-likeness (QED) is 0.117. The Kier molecular flexibility index (Phi) is 15.0. The molecule has 0 atom stereocenters. The zero-order valence-electron chi connectivity index (χ0n) is 19.0. The van der Waals surface area contributed by atoms with Crippen molar-refractivity contribution in [3.63, 3.8) is 0 Å². The minimum atomic E-state index is -3.84. The second-order valence-electron chi connectivity index (χ2n) is 7.69. The Labute approximate surface area is 191 Å². The number of rotatable bonds is 18. The van der Waals surface area contributed by atoms with Crippen LogP contribution in [0.25, 0.3) is 0 Å². The van der Waals surface area contributed by atoms with Crippen LogP contribution in [0, 0.1) is 0 Å². The van der Waals surface area contributed by atoms with Gasteiger partial charge in [0.05, 0.1) is 0 Å². The molecule has 1 aromatic rings. The maximum Gasteiger partial charge on any atom is 0.311 e. The van der Waals surface area contributed by atoms with Gasteiger partial charge in [-0.2, -0.15) is 12.8 Å². The molecule has 0 fully saturated rings. The van der Waals surface area contributed by atoms with Gasteiger partial charge in [-0.15, -0.1) is 10.2 Å². The van der Waals surface area contributed by atoms with Crippen molar-refractivity contribution < 1.29 is 13.2 Å². The fraction of sp³-hybridized carbons (Fsp3) is 0.727. The van der Waals surface area contributed by atoms with Gasteiger partial charge in [-0.25, -0.2) is 0 Å². The smallest absolute Gasteiger partial charge is 0.301 e. The molecule has 0 aliphatic heterocycles. The minimum absolute atomic E-state index is 0.151. The first-order valence-corrected chi connectivity index (χ1v) is 13.8. The molecular formula is C22H38N4O3S2. The van der Waals surface area contributed by atoms with E-state index in [0.717, 1.165) is 37.0 Å². The van der Waals surface area contributed by atoms with Crippen molar-refractivity contribution >= 4 is 38.6 Å². The van der Waals surface area contributed by atoms with Crippen LogP contribution < -0.4 is 5.32 Å². The predicted octanol–water partition coefficient (Wildman–Crippen LogP) is 6.29. The largest absolute Gasteiger partial charge is 0.311 e. The molecule has 0 saturated heterocycles. The summed E-state index contributed by atoms with van der Waals surface area (Å²) in [7, 11) is -3.84. The summed E-state index contributed by atoms with van der Waals surface area (Å²) in [5.74, 6) is -0.326. The van der Waals surface area contributed by atoms with E-state index in [9.17, 15) is 13.2 Å². The number of unbranched alkanes of at least 4 members (excludes halogenated alkanes) is 12. The molecule has 0 aliphatic carbocycles. The molecule has 0 saturated carbocycles. The lowest BCUT2D eigenvalue weighted by Gasteiger charge is -1.99. The van der Waals surface area contributed by atoms with Crippen LogP contribution in [0.2, 0.25) is 0 Å². The van der Waals surface area contributed by atoms with Crippen LogP contribution in [0.15, 0.2) is 20.9 Å². The van der Waals surface area contributed by atoms with Crippen LogP contribution in [0.1, 0.15) is 104 Å². The molecule has 1 amide bonds. The molecule has 7 nitrogen and oxygen atoms in total. The number of hydrogen-bond acceptors (Lipinski definition) is 6. The number of carbonyl (C=O) groups is 1. The van der Waals surface area contributed by atoms with Crippen molar-refractivity contribution in [1.82, 2.24) is 10.2 Å². The number of allylic oxidation sites excluding steroid dienone is 2. The molecule has 0 bridgehead atoms. The Morgan fingerprint density at radius 1 is 0.903 bits per heavy atom. The van der Waals surface area contributed by atoms with Gasteiger partial charge in [0.25, 0.3) is 4.34 Å². The fourth-order valence-electron chi connectivity index (χ4n) is 3.02. The maximum absolute atomic E-state index is 12.1. The third kappa shape index (κ3) is 14.1. The average Bonchev–Trinajstić information content (AvgIpc) is 3.19. The summed E-state index contributed by atoms with van der Waals surface area (Å²) in [5.41, 5.74) is 0. The van der Waals surface area contributed by atoms with Crippen LogP contribution >= 0.6 is 11.3 Å². The molecule has 0 aliphatic rings. The highest BCUT2D eigenvalue weighted by Gasteiger charge is 2.18.